The van der Waals surface area contributed by atoms with Crippen molar-refractivity contribution in [2.24, 2.45) is 11.7 Å². The maximum absolute atomic E-state index is 8.53. The van der Waals surface area contributed by atoms with Crippen LogP contribution < -0.4 is 5.73 Å². The highest BCUT2D eigenvalue weighted by Gasteiger charge is 2.26. The van der Waals surface area contributed by atoms with Crippen molar-refractivity contribution in [3.05, 3.63) is 0 Å². The van der Waals surface area contributed by atoms with Crippen LogP contribution >= 0.6 is 0 Å². The third-order valence-corrected chi connectivity index (χ3v) is 3.16. The number of nitriles is 1. The minimum absolute atomic E-state index is 0.289. The van der Waals surface area contributed by atoms with Crippen molar-refractivity contribution in [1.82, 2.24) is 4.90 Å². The van der Waals surface area contributed by atoms with Crippen molar-refractivity contribution in [2.75, 3.05) is 13.1 Å². The lowest BCUT2D eigenvalue weighted by atomic mass is 10.1. The SMILES string of the molecule is CC1CCN(CCC(N)C#N)C1C. The van der Waals surface area contributed by atoms with E-state index < -0.39 is 0 Å². The van der Waals surface area contributed by atoms with Crippen LogP contribution in [0.25, 0.3) is 0 Å². The average Bonchev–Trinajstić information content (AvgIpc) is 2.44. The maximum atomic E-state index is 8.53. The second kappa shape index (κ2) is 4.59. The van der Waals surface area contributed by atoms with Crippen LogP contribution in [0.1, 0.15) is 26.7 Å². The largest absolute Gasteiger partial charge is 0.316 e. The molecule has 1 aliphatic rings. The van der Waals surface area contributed by atoms with Gasteiger partial charge in [0, 0.05) is 12.6 Å². The predicted molar refractivity (Wildman–Crippen MR) is 53.0 cm³/mol. The fourth-order valence-electron chi connectivity index (χ4n) is 1.86. The summed E-state index contributed by atoms with van der Waals surface area (Å²) in [7, 11) is 0. The Morgan fingerprint density at radius 3 is 2.77 bits per heavy atom. The summed E-state index contributed by atoms with van der Waals surface area (Å²) in [5.74, 6) is 0.790. The first-order valence-corrected chi connectivity index (χ1v) is 5.04. The van der Waals surface area contributed by atoms with E-state index in [0.717, 1.165) is 18.9 Å². The van der Waals surface area contributed by atoms with Crippen molar-refractivity contribution < 1.29 is 0 Å². The number of rotatable bonds is 3. The summed E-state index contributed by atoms with van der Waals surface area (Å²) >= 11 is 0. The van der Waals surface area contributed by atoms with Gasteiger partial charge in [0.05, 0.1) is 12.1 Å². The average molecular weight is 181 g/mol. The molecule has 0 aromatic heterocycles. The van der Waals surface area contributed by atoms with E-state index in [1.807, 2.05) is 0 Å². The molecule has 1 aliphatic heterocycles. The molecular weight excluding hydrogens is 162 g/mol. The quantitative estimate of drug-likeness (QED) is 0.705. The first-order chi connectivity index (χ1) is 6.15. The number of likely N-dealkylation sites (tertiary alicyclic amines) is 1. The van der Waals surface area contributed by atoms with Gasteiger partial charge in [-0.25, -0.2) is 0 Å². The second-order valence-corrected chi connectivity index (χ2v) is 4.07. The molecule has 1 rings (SSSR count). The zero-order chi connectivity index (χ0) is 9.84. The van der Waals surface area contributed by atoms with Crippen LogP contribution in [0.3, 0.4) is 0 Å². The highest BCUT2D eigenvalue weighted by Crippen LogP contribution is 2.23. The van der Waals surface area contributed by atoms with Gasteiger partial charge in [0.25, 0.3) is 0 Å². The minimum Gasteiger partial charge on any atom is -0.316 e. The molecule has 0 amide bonds. The van der Waals surface area contributed by atoms with Crippen molar-refractivity contribution in [3.63, 3.8) is 0 Å². The Hall–Kier alpha value is -0.590. The van der Waals surface area contributed by atoms with Crippen molar-refractivity contribution >= 4 is 0 Å². The number of nitrogens with two attached hydrogens (primary N) is 1. The van der Waals surface area contributed by atoms with E-state index in [1.54, 1.807) is 0 Å². The van der Waals surface area contributed by atoms with Crippen LogP contribution in [0.4, 0.5) is 0 Å². The van der Waals surface area contributed by atoms with E-state index >= 15 is 0 Å². The Morgan fingerprint density at radius 1 is 1.62 bits per heavy atom. The molecule has 0 aromatic carbocycles. The molecule has 3 nitrogen and oxygen atoms in total. The molecule has 1 fully saturated rings. The van der Waals surface area contributed by atoms with Crippen LogP contribution in [-0.2, 0) is 0 Å². The Morgan fingerprint density at radius 2 is 2.31 bits per heavy atom. The first-order valence-electron chi connectivity index (χ1n) is 5.04. The Labute approximate surface area is 80.5 Å². The van der Waals surface area contributed by atoms with Crippen molar-refractivity contribution in [2.45, 2.75) is 38.8 Å². The lowest BCUT2D eigenvalue weighted by Gasteiger charge is -2.23. The standard InChI is InChI=1S/C10H19N3/c1-8-3-5-13(9(8)2)6-4-10(12)7-11/h8-10H,3-6,12H2,1-2H3. The third kappa shape index (κ3) is 2.68. The second-order valence-electron chi connectivity index (χ2n) is 4.07. The zero-order valence-corrected chi connectivity index (χ0v) is 8.53. The van der Waals surface area contributed by atoms with Gasteiger partial charge in [-0.05, 0) is 32.2 Å². The van der Waals surface area contributed by atoms with E-state index in [9.17, 15) is 0 Å². The van der Waals surface area contributed by atoms with Gasteiger partial charge in [0.2, 0.25) is 0 Å². The summed E-state index contributed by atoms with van der Waals surface area (Å²) < 4.78 is 0. The fraction of sp³-hybridized carbons (Fsp3) is 0.900. The van der Waals surface area contributed by atoms with E-state index in [-0.39, 0.29) is 6.04 Å². The molecule has 3 unspecified atom stereocenters. The highest BCUT2D eigenvalue weighted by molar-refractivity contribution is 4.89. The topological polar surface area (TPSA) is 53.0 Å². The highest BCUT2D eigenvalue weighted by atomic mass is 15.2. The van der Waals surface area contributed by atoms with Crippen LogP contribution in [-0.4, -0.2) is 30.1 Å². The van der Waals surface area contributed by atoms with Gasteiger partial charge in [0.15, 0.2) is 0 Å². The number of hydrogen-bond acceptors (Lipinski definition) is 3. The molecule has 2 N–H and O–H groups in total. The van der Waals surface area contributed by atoms with Crippen molar-refractivity contribution in [1.29, 1.82) is 5.26 Å². The molecular formula is C10H19N3. The molecule has 3 heteroatoms. The number of nitrogens with zero attached hydrogens (tertiary/aromatic N) is 2. The van der Waals surface area contributed by atoms with Gasteiger partial charge in [-0.2, -0.15) is 5.26 Å². The maximum Gasteiger partial charge on any atom is 0.0940 e. The summed E-state index contributed by atoms with van der Waals surface area (Å²) in [6, 6.07) is 2.44. The Bertz CT molecular complexity index is 197. The summed E-state index contributed by atoms with van der Waals surface area (Å²) in [4.78, 5) is 2.43. The normalized spacial score (nSPS) is 31.5. The van der Waals surface area contributed by atoms with Gasteiger partial charge < -0.3 is 10.6 Å². The fourth-order valence-corrected chi connectivity index (χ4v) is 1.86. The third-order valence-electron chi connectivity index (χ3n) is 3.16. The first kappa shape index (κ1) is 10.5. The molecule has 0 spiro atoms. The van der Waals surface area contributed by atoms with E-state index in [1.165, 1.54) is 13.0 Å². The van der Waals surface area contributed by atoms with Gasteiger partial charge >= 0.3 is 0 Å². The molecule has 0 radical (unpaired) electrons. The van der Waals surface area contributed by atoms with Gasteiger partial charge in [-0.1, -0.05) is 6.92 Å². The Balaban J connectivity index is 2.27. The molecule has 1 saturated heterocycles. The lowest BCUT2D eigenvalue weighted by Crippen LogP contribution is -2.33. The molecule has 1 heterocycles. The summed E-state index contributed by atoms with van der Waals surface area (Å²) in [6.45, 7) is 6.69. The number of hydrogen-bond donors (Lipinski definition) is 1. The van der Waals surface area contributed by atoms with E-state index in [2.05, 4.69) is 24.8 Å². The smallest absolute Gasteiger partial charge is 0.0940 e. The molecule has 0 bridgehead atoms. The van der Waals surface area contributed by atoms with Gasteiger partial charge in [-0.15, -0.1) is 0 Å². The van der Waals surface area contributed by atoms with E-state index in [4.69, 9.17) is 11.0 Å². The molecule has 0 aromatic rings. The molecule has 0 aliphatic carbocycles. The van der Waals surface area contributed by atoms with E-state index in [0.29, 0.717) is 6.04 Å². The molecule has 13 heavy (non-hydrogen) atoms. The Kier molecular flexibility index (Phi) is 3.71. The van der Waals surface area contributed by atoms with Crippen LogP contribution in [0.2, 0.25) is 0 Å². The molecule has 0 saturated carbocycles. The summed E-state index contributed by atoms with van der Waals surface area (Å²) in [6.07, 6.45) is 2.08. The summed E-state index contributed by atoms with van der Waals surface area (Å²) in [5.41, 5.74) is 5.54. The molecule has 3 atom stereocenters. The lowest BCUT2D eigenvalue weighted by molar-refractivity contribution is 0.242. The van der Waals surface area contributed by atoms with Gasteiger partial charge in [0.1, 0.15) is 0 Å². The van der Waals surface area contributed by atoms with Crippen LogP contribution in [0, 0.1) is 17.2 Å². The van der Waals surface area contributed by atoms with Crippen molar-refractivity contribution in [3.8, 4) is 6.07 Å². The summed E-state index contributed by atoms with van der Waals surface area (Å²) in [5, 5.41) is 8.53. The van der Waals surface area contributed by atoms with Crippen LogP contribution in [0.15, 0.2) is 0 Å². The molecule has 74 valence electrons. The monoisotopic (exact) mass is 181 g/mol. The van der Waals surface area contributed by atoms with Gasteiger partial charge in [-0.3, -0.25) is 0 Å². The predicted octanol–water partition coefficient (Wildman–Crippen LogP) is 0.958. The van der Waals surface area contributed by atoms with Crippen LogP contribution in [0.5, 0.6) is 0 Å². The minimum atomic E-state index is -0.289. The zero-order valence-electron chi connectivity index (χ0n) is 8.53.